The number of aromatic nitrogens is 2. The lowest BCUT2D eigenvalue weighted by atomic mass is 9.86. The molecule has 5 nitrogen and oxygen atoms in total. The van der Waals surface area contributed by atoms with Gasteiger partial charge in [-0.1, -0.05) is 27.7 Å². The molecule has 0 saturated heterocycles. The first-order valence-corrected chi connectivity index (χ1v) is 8.07. The molecule has 19 heavy (non-hydrogen) atoms. The molecule has 7 heteroatoms. The van der Waals surface area contributed by atoms with Crippen molar-refractivity contribution in [2.24, 2.45) is 17.8 Å². The second kappa shape index (κ2) is 6.63. The van der Waals surface area contributed by atoms with Crippen molar-refractivity contribution in [1.29, 1.82) is 0 Å². The number of hydrogen-bond donors (Lipinski definition) is 1. The van der Waals surface area contributed by atoms with Crippen LogP contribution in [0.1, 0.15) is 27.7 Å². The fraction of sp³-hybridized carbons (Fsp3) is 0.667. The number of halogens is 1. The molecule has 0 atom stereocenters. The highest BCUT2D eigenvalue weighted by Gasteiger charge is 2.21. The van der Waals surface area contributed by atoms with Crippen molar-refractivity contribution >= 4 is 21.6 Å². The Kier molecular flexibility index (Phi) is 5.70. The molecule has 0 saturated carbocycles. The zero-order valence-corrected chi connectivity index (χ0v) is 13.2. The van der Waals surface area contributed by atoms with E-state index in [9.17, 15) is 8.42 Å². The van der Waals surface area contributed by atoms with Crippen LogP contribution in [0.15, 0.2) is 17.3 Å². The number of nitrogens with zero attached hydrogens (tertiary/aromatic N) is 2. The third kappa shape index (κ3) is 4.71. The van der Waals surface area contributed by atoms with E-state index in [1.165, 1.54) is 12.4 Å². The summed E-state index contributed by atoms with van der Waals surface area (Å²) in [5, 5.41) is 0.0289. The van der Waals surface area contributed by atoms with Crippen LogP contribution in [0.5, 0.6) is 0 Å². The lowest BCUT2D eigenvalue weighted by Gasteiger charge is -2.24. The molecule has 0 radical (unpaired) electrons. The number of rotatable bonds is 6. The highest BCUT2D eigenvalue weighted by molar-refractivity contribution is 7.89. The monoisotopic (exact) mass is 305 g/mol. The second-order valence-corrected chi connectivity index (χ2v) is 7.30. The van der Waals surface area contributed by atoms with E-state index in [0.717, 1.165) is 0 Å². The number of nitrogens with one attached hydrogen (secondary N) is 1. The number of hydrogen-bond acceptors (Lipinski definition) is 4. The summed E-state index contributed by atoms with van der Waals surface area (Å²) in [4.78, 5) is 7.39. The van der Waals surface area contributed by atoms with Gasteiger partial charge in [0.05, 0.1) is 12.4 Å². The molecule has 1 aromatic heterocycles. The first kappa shape index (κ1) is 16.3. The van der Waals surface area contributed by atoms with Gasteiger partial charge in [0.15, 0.2) is 0 Å². The highest BCUT2D eigenvalue weighted by Crippen LogP contribution is 2.20. The van der Waals surface area contributed by atoms with Gasteiger partial charge in [0, 0.05) is 6.54 Å². The molecule has 1 rings (SSSR count). The Morgan fingerprint density at radius 2 is 1.63 bits per heavy atom. The third-order valence-corrected chi connectivity index (χ3v) is 4.70. The average molecular weight is 306 g/mol. The van der Waals surface area contributed by atoms with E-state index in [0.29, 0.717) is 18.4 Å². The van der Waals surface area contributed by atoms with Gasteiger partial charge >= 0.3 is 0 Å². The van der Waals surface area contributed by atoms with Gasteiger partial charge in [-0.25, -0.2) is 23.1 Å². The van der Waals surface area contributed by atoms with Gasteiger partial charge in [-0.2, -0.15) is 0 Å². The smallest absolute Gasteiger partial charge is 0.225 e. The maximum absolute atomic E-state index is 12.1. The van der Waals surface area contributed by atoms with Crippen LogP contribution in [0, 0.1) is 17.8 Å². The molecule has 0 unspecified atom stereocenters. The van der Waals surface area contributed by atoms with Gasteiger partial charge in [-0.05, 0) is 29.4 Å². The van der Waals surface area contributed by atoms with E-state index in [4.69, 9.17) is 11.6 Å². The molecule has 0 aliphatic rings. The normalized spacial score (nSPS) is 12.6. The Hall–Kier alpha value is -0.720. The highest BCUT2D eigenvalue weighted by atomic mass is 35.5. The maximum Gasteiger partial charge on any atom is 0.243 e. The molecule has 0 fully saturated rings. The summed E-state index contributed by atoms with van der Waals surface area (Å²) in [6, 6.07) is 0. The van der Waals surface area contributed by atoms with E-state index in [1.807, 2.05) is 0 Å². The molecule has 0 aliphatic carbocycles. The second-order valence-electron chi connectivity index (χ2n) is 5.19. The molecule has 0 aliphatic heterocycles. The zero-order chi connectivity index (χ0) is 14.6. The van der Waals surface area contributed by atoms with Crippen molar-refractivity contribution in [3.05, 3.63) is 17.7 Å². The Bertz CT molecular complexity index is 492. The van der Waals surface area contributed by atoms with Crippen molar-refractivity contribution in [3.8, 4) is 0 Å². The minimum absolute atomic E-state index is 0.0289. The molecule has 0 spiro atoms. The zero-order valence-electron chi connectivity index (χ0n) is 11.6. The molecule has 1 N–H and O–H groups in total. The van der Waals surface area contributed by atoms with Crippen molar-refractivity contribution in [2.75, 3.05) is 6.54 Å². The average Bonchev–Trinajstić information content (AvgIpc) is 2.28. The van der Waals surface area contributed by atoms with Gasteiger partial charge < -0.3 is 0 Å². The van der Waals surface area contributed by atoms with Crippen LogP contribution in [0.4, 0.5) is 0 Å². The fourth-order valence-electron chi connectivity index (χ4n) is 1.97. The largest absolute Gasteiger partial charge is 0.243 e. The quantitative estimate of drug-likeness (QED) is 0.819. The van der Waals surface area contributed by atoms with Crippen LogP contribution in [-0.4, -0.2) is 24.9 Å². The SMILES string of the molecule is CC(C)C(CNS(=O)(=O)c1cnc(Cl)nc1)C(C)C. The third-order valence-electron chi connectivity index (χ3n) is 3.13. The lowest BCUT2D eigenvalue weighted by molar-refractivity contribution is 0.289. The van der Waals surface area contributed by atoms with Crippen LogP contribution in [0.2, 0.25) is 5.28 Å². The van der Waals surface area contributed by atoms with Gasteiger partial charge in [0.2, 0.25) is 15.3 Å². The molecule has 1 heterocycles. The van der Waals surface area contributed by atoms with E-state index < -0.39 is 10.0 Å². The molecular formula is C12H20ClN3O2S. The van der Waals surface area contributed by atoms with Gasteiger partial charge in [-0.3, -0.25) is 0 Å². The van der Waals surface area contributed by atoms with Crippen LogP contribution >= 0.6 is 11.6 Å². The Balaban J connectivity index is 2.78. The molecule has 0 amide bonds. The van der Waals surface area contributed by atoms with E-state index >= 15 is 0 Å². The van der Waals surface area contributed by atoms with Crippen LogP contribution in [-0.2, 0) is 10.0 Å². The predicted octanol–water partition coefficient (Wildman–Crippen LogP) is 2.34. The summed E-state index contributed by atoms with van der Waals surface area (Å²) in [5.41, 5.74) is 0. The van der Waals surface area contributed by atoms with Crippen molar-refractivity contribution in [1.82, 2.24) is 14.7 Å². The van der Waals surface area contributed by atoms with Gasteiger partial charge in [0.25, 0.3) is 0 Å². The number of sulfonamides is 1. The topological polar surface area (TPSA) is 72.0 Å². The molecule has 0 bridgehead atoms. The molecule has 0 aromatic carbocycles. The fourth-order valence-corrected chi connectivity index (χ4v) is 3.03. The summed E-state index contributed by atoms with van der Waals surface area (Å²) in [6.07, 6.45) is 2.41. The Morgan fingerprint density at radius 3 is 2.05 bits per heavy atom. The molecule has 108 valence electrons. The van der Waals surface area contributed by atoms with Gasteiger partial charge in [-0.15, -0.1) is 0 Å². The lowest BCUT2D eigenvalue weighted by Crippen LogP contribution is -2.34. The van der Waals surface area contributed by atoms with Crippen molar-refractivity contribution < 1.29 is 8.42 Å². The van der Waals surface area contributed by atoms with Crippen molar-refractivity contribution in [2.45, 2.75) is 32.6 Å². The first-order valence-electron chi connectivity index (χ1n) is 6.21. The summed E-state index contributed by atoms with van der Waals surface area (Å²) >= 11 is 5.53. The summed E-state index contributed by atoms with van der Waals surface area (Å²) in [7, 11) is -3.57. The minimum Gasteiger partial charge on any atom is -0.225 e. The summed E-state index contributed by atoms with van der Waals surface area (Å²) < 4.78 is 26.7. The standard InChI is InChI=1S/C12H20ClN3O2S/c1-8(2)11(9(3)4)7-16-19(17,18)10-5-14-12(13)15-6-10/h5-6,8-9,11,16H,7H2,1-4H3. The first-order chi connectivity index (χ1) is 8.74. The van der Waals surface area contributed by atoms with Crippen LogP contribution < -0.4 is 4.72 Å². The summed E-state index contributed by atoms with van der Waals surface area (Å²) in [5.74, 6) is 1.09. The van der Waals surface area contributed by atoms with E-state index in [2.05, 4.69) is 42.4 Å². The van der Waals surface area contributed by atoms with Crippen molar-refractivity contribution in [3.63, 3.8) is 0 Å². The maximum atomic E-state index is 12.1. The molecular weight excluding hydrogens is 286 g/mol. The Morgan fingerprint density at radius 1 is 1.16 bits per heavy atom. The predicted molar refractivity (Wildman–Crippen MR) is 75.4 cm³/mol. The summed E-state index contributed by atoms with van der Waals surface area (Å²) in [6.45, 7) is 8.75. The Labute approximate surface area is 119 Å². The van der Waals surface area contributed by atoms with Gasteiger partial charge in [0.1, 0.15) is 4.90 Å². The van der Waals surface area contributed by atoms with Crippen LogP contribution in [0.25, 0.3) is 0 Å². The van der Waals surface area contributed by atoms with E-state index in [1.54, 1.807) is 0 Å². The van der Waals surface area contributed by atoms with E-state index in [-0.39, 0.29) is 16.1 Å². The minimum atomic E-state index is -3.57. The molecule has 1 aromatic rings. The van der Waals surface area contributed by atoms with Crippen LogP contribution in [0.3, 0.4) is 0 Å².